The lowest BCUT2D eigenvalue weighted by atomic mass is 9.91. The fraction of sp³-hybridized carbons (Fsp3) is 0.867. The summed E-state index contributed by atoms with van der Waals surface area (Å²) in [5.41, 5.74) is 6.08. The highest BCUT2D eigenvalue weighted by Crippen LogP contribution is 2.36. The van der Waals surface area contributed by atoms with Crippen LogP contribution in [0.5, 0.6) is 0 Å². The van der Waals surface area contributed by atoms with Crippen molar-refractivity contribution in [2.24, 2.45) is 5.73 Å². The molecule has 106 valence electrons. The van der Waals surface area contributed by atoms with Crippen molar-refractivity contribution in [3.05, 3.63) is 11.7 Å². The molecule has 0 saturated heterocycles. The Morgan fingerprint density at radius 1 is 0.947 bits per heavy atom. The molecule has 0 aliphatic heterocycles. The van der Waals surface area contributed by atoms with E-state index in [0.29, 0.717) is 5.92 Å². The van der Waals surface area contributed by atoms with Crippen LogP contribution in [-0.2, 0) is 5.54 Å². The quantitative estimate of drug-likeness (QED) is 0.885. The number of aromatic nitrogens is 2. The van der Waals surface area contributed by atoms with Crippen LogP contribution in [-0.4, -0.2) is 10.1 Å². The number of hydrogen-bond acceptors (Lipinski definition) is 4. The minimum atomic E-state index is -0.316. The molecule has 0 spiro atoms. The molecule has 1 aromatic rings. The van der Waals surface area contributed by atoms with E-state index in [9.17, 15) is 0 Å². The van der Waals surface area contributed by atoms with E-state index in [0.717, 1.165) is 24.6 Å². The van der Waals surface area contributed by atoms with Crippen LogP contribution in [0.15, 0.2) is 4.52 Å². The molecule has 19 heavy (non-hydrogen) atoms. The van der Waals surface area contributed by atoms with E-state index in [1.807, 2.05) is 0 Å². The van der Waals surface area contributed by atoms with Crippen LogP contribution < -0.4 is 5.73 Å². The van der Waals surface area contributed by atoms with E-state index in [1.165, 1.54) is 57.8 Å². The summed E-state index contributed by atoms with van der Waals surface area (Å²) in [5, 5.41) is 4.19. The molecule has 2 fully saturated rings. The van der Waals surface area contributed by atoms with Gasteiger partial charge in [0.25, 0.3) is 0 Å². The lowest BCUT2D eigenvalue weighted by Crippen LogP contribution is -2.34. The number of hydrogen-bond donors (Lipinski definition) is 1. The van der Waals surface area contributed by atoms with Gasteiger partial charge in [0.05, 0.1) is 5.54 Å². The first-order valence-corrected chi connectivity index (χ1v) is 7.91. The SMILES string of the molecule is NC1(c2noc(C3CCCCCCC3)n2)CCCC1. The van der Waals surface area contributed by atoms with Gasteiger partial charge in [0.1, 0.15) is 0 Å². The van der Waals surface area contributed by atoms with Crippen molar-refractivity contribution in [2.45, 2.75) is 82.1 Å². The average Bonchev–Trinajstić information content (AvgIpc) is 2.98. The van der Waals surface area contributed by atoms with Crippen LogP contribution in [0.3, 0.4) is 0 Å². The molecule has 3 rings (SSSR count). The van der Waals surface area contributed by atoms with Gasteiger partial charge in [-0.15, -0.1) is 0 Å². The van der Waals surface area contributed by atoms with Crippen LogP contribution in [0, 0.1) is 0 Å². The summed E-state index contributed by atoms with van der Waals surface area (Å²) in [4.78, 5) is 4.66. The molecular weight excluding hydrogens is 238 g/mol. The molecule has 0 atom stereocenters. The predicted molar refractivity (Wildman–Crippen MR) is 73.7 cm³/mol. The Morgan fingerprint density at radius 2 is 1.58 bits per heavy atom. The molecule has 1 heterocycles. The number of nitrogens with two attached hydrogens (primary N) is 1. The minimum absolute atomic E-state index is 0.316. The molecule has 2 N–H and O–H groups in total. The Kier molecular flexibility index (Phi) is 3.87. The summed E-state index contributed by atoms with van der Waals surface area (Å²) in [5.74, 6) is 2.06. The zero-order valence-electron chi connectivity index (χ0n) is 11.7. The largest absolute Gasteiger partial charge is 0.339 e. The van der Waals surface area contributed by atoms with E-state index in [4.69, 9.17) is 10.3 Å². The van der Waals surface area contributed by atoms with Gasteiger partial charge in [-0.05, 0) is 25.7 Å². The molecule has 0 aromatic carbocycles. The van der Waals surface area contributed by atoms with Crippen molar-refractivity contribution in [1.29, 1.82) is 0 Å². The van der Waals surface area contributed by atoms with Gasteiger partial charge in [-0.1, -0.05) is 50.1 Å². The van der Waals surface area contributed by atoms with E-state index >= 15 is 0 Å². The molecule has 1 aromatic heterocycles. The van der Waals surface area contributed by atoms with Crippen molar-refractivity contribution < 1.29 is 4.52 Å². The highest BCUT2D eigenvalue weighted by Gasteiger charge is 2.36. The van der Waals surface area contributed by atoms with Gasteiger partial charge >= 0.3 is 0 Å². The molecule has 2 saturated carbocycles. The summed E-state index contributed by atoms with van der Waals surface area (Å²) in [6, 6.07) is 0. The first-order valence-electron chi connectivity index (χ1n) is 7.91. The summed E-state index contributed by atoms with van der Waals surface area (Å²) < 4.78 is 5.54. The Balaban J connectivity index is 1.72. The highest BCUT2D eigenvalue weighted by molar-refractivity contribution is 5.08. The molecule has 0 radical (unpaired) electrons. The van der Waals surface area contributed by atoms with Crippen molar-refractivity contribution in [2.75, 3.05) is 0 Å². The predicted octanol–water partition coefficient (Wildman–Crippen LogP) is 3.63. The standard InChI is InChI=1S/C15H25N3O/c16-15(10-6-7-11-15)14-17-13(19-18-14)12-8-4-2-1-3-5-9-12/h12H,1-11,16H2. The Labute approximate surface area is 115 Å². The Morgan fingerprint density at radius 3 is 2.26 bits per heavy atom. The summed E-state index contributed by atoms with van der Waals surface area (Å²) in [6.07, 6.45) is 13.4. The van der Waals surface area contributed by atoms with Crippen LogP contribution >= 0.6 is 0 Å². The van der Waals surface area contributed by atoms with E-state index in [2.05, 4.69) is 10.1 Å². The van der Waals surface area contributed by atoms with Crippen LogP contribution in [0.4, 0.5) is 0 Å². The first kappa shape index (κ1) is 13.1. The van der Waals surface area contributed by atoms with Crippen molar-refractivity contribution >= 4 is 0 Å². The fourth-order valence-electron chi connectivity index (χ4n) is 3.54. The maximum Gasteiger partial charge on any atom is 0.229 e. The third kappa shape index (κ3) is 2.83. The molecule has 0 unspecified atom stereocenters. The molecule has 0 bridgehead atoms. The molecule has 2 aliphatic carbocycles. The molecular formula is C15H25N3O. The van der Waals surface area contributed by atoms with Crippen molar-refractivity contribution in [1.82, 2.24) is 10.1 Å². The van der Waals surface area contributed by atoms with Crippen LogP contribution in [0.2, 0.25) is 0 Å². The van der Waals surface area contributed by atoms with Gasteiger partial charge in [0.15, 0.2) is 5.82 Å². The Bertz CT molecular complexity index is 401. The molecule has 0 amide bonds. The van der Waals surface area contributed by atoms with Gasteiger partial charge in [-0.2, -0.15) is 4.98 Å². The minimum Gasteiger partial charge on any atom is -0.339 e. The van der Waals surface area contributed by atoms with Crippen molar-refractivity contribution in [3.8, 4) is 0 Å². The van der Waals surface area contributed by atoms with Gasteiger partial charge in [-0.3, -0.25) is 0 Å². The maximum absolute atomic E-state index is 6.39. The van der Waals surface area contributed by atoms with Gasteiger partial charge < -0.3 is 10.3 Å². The highest BCUT2D eigenvalue weighted by atomic mass is 16.5. The van der Waals surface area contributed by atoms with Crippen LogP contribution in [0.25, 0.3) is 0 Å². The second kappa shape index (κ2) is 5.61. The fourth-order valence-corrected chi connectivity index (χ4v) is 3.54. The number of rotatable bonds is 2. The maximum atomic E-state index is 6.39. The normalized spacial score (nSPS) is 25.1. The molecule has 4 nitrogen and oxygen atoms in total. The van der Waals surface area contributed by atoms with E-state index in [-0.39, 0.29) is 5.54 Å². The summed E-state index contributed by atoms with van der Waals surface area (Å²) in [6.45, 7) is 0. The van der Waals surface area contributed by atoms with E-state index < -0.39 is 0 Å². The zero-order chi connectivity index (χ0) is 13.1. The molecule has 4 heteroatoms. The average molecular weight is 263 g/mol. The third-order valence-electron chi connectivity index (χ3n) is 4.84. The second-order valence-corrected chi connectivity index (χ2v) is 6.36. The number of nitrogens with zero attached hydrogens (tertiary/aromatic N) is 2. The van der Waals surface area contributed by atoms with Crippen molar-refractivity contribution in [3.63, 3.8) is 0 Å². The first-order chi connectivity index (χ1) is 9.28. The molecule has 2 aliphatic rings. The summed E-state index contributed by atoms with van der Waals surface area (Å²) >= 11 is 0. The summed E-state index contributed by atoms with van der Waals surface area (Å²) in [7, 11) is 0. The smallest absolute Gasteiger partial charge is 0.229 e. The second-order valence-electron chi connectivity index (χ2n) is 6.36. The van der Waals surface area contributed by atoms with E-state index in [1.54, 1.807) is 0 Å². The van der Waals surface area contributed by atoms with Gasteiger partial charge in [0, 0.05) is 5.92 Å². The zero-order valence-corrected chi connectivity index (χ0v) is 11.7. The van der Waals surface area contributed by atoms with Crippen LogP contribution in [0.1, 0.15) is 88.3 Å². The monoisotopic (exact) mass is 263 g/mol. The third-order valence-corrected chi connectivity index (χ3v) is 4.84. The Hall–Kier alpha value is -0.900. The van der Waals surface area contributed by atoms with Gasteiger partial charge in [-0.25, -0.2) is 0 Å². The van der Waals surface area contributed by atoms with Gasteiger partial charge in [0.2, 0.25) is 5.89 Å². The topological polar surface area (TPSA) is 64.9 Å². The lowest BCUT2D eigenvalue weighted by Gasteiger charge is -2.18. The lowest BCUT2D eigenvalue weighted by molar-refractivity contribution is 0.312.